The Morgan fingerprint density at radius 2 is 1.80 bits per heavy atom. The van der Waals surface area contributed by atoms with Crippen LogP contribution in [0.1, 0.15) is 31.4 Å². The van der Waals surface area contributed by atoms with E-state index in [9.17, 15) is 9.59 Å². The third-order valence-electron chi connectivity index (χ3n) is 4.39. The number of benzene rings is 2. The van der Waals surface area contributed by atoms with Gasteiger partial charge in [0.1, 0.15) is 17.1 Å². The van der Waals surface area contributed by atoms with Crippen LogP contribution in [0.3, 0.4) is 0 Å². The first-order chi connectivity index (χ1) is 14.5. The number of carbonyl (C=O) groups is 1. The summed E-state index contributed by atoms with van der Waals surface area (Å²) in [6.45, 7) is 6.14. The zero-order valence-electron chi connectivity index (χ0n) is 17.2. The highest BCUT2D eigenvalue weighted by atomic mass is 16.5. The SMILES string of the molecule is CCCOc1ccc(/C(C)=N\NC(=O)COc2ccc3c(C)cc(=O)oc3c2)cc1. The first-order valence-corrected chi connectivity index (χ1v) is 9.70. The fraction of sp³-hybridized carbons (Fsp3) is 0.261. The summed E-state index contributed by atoms with van der Waals surface area (Å²) >= 11 is 0. The summed E-state index contributed by atoms with van der Waals surface area (Å²) in [7, 11) is 0. The Hall–Kier alpha value is -3.61. The highest BCUT2D eigenvalue weighted by Crippen LogP contribution is 2.22. The van der Waals surface area contributed by atoms with Crippen molar-refractivity contribution in [3.63, 3.8) is 0 Å². The van der Waals surface area contributed by atoms with Crippen LogP contribution in [-0.2, 0) is 4.79 Å². The molecule has 1 N–H and O–H groups in total. The summed E-state index contributed by atoms with van der Waals surface area (Å²) in [6, 6.07) is 14.0. The number of nitrogens with one attached hydrogen (secondary N) is 1. The summed E-state index contributed by atoms with van der Waals surface area (Å²) < 4.78 is 16.2. The zero-order chi connectivity index (χ0) is 21.5. The third kappa shape index (κ3) is 5.47. The van der Waals surface area contributed by atoms with Crippen molar-refractivity contribution in [2.24, 2.45) is 5.10 Å². The van der Waals surface area contributed by atoms with E-state index in [1.807, 2.05) is 31.2 Å². The highest BCUT2D eigenvalue weighted by Gasteiger charge is 2.07. The monoisotopic (exact) mass is 408 g/mol. The van der Waals surface area contributed by atoms with E-state index in [2.05, 4.69) is 17.5 Å². The Morgan fingerprint density at radius 1 is 1.07 bits per heavy atom. The number of hydrazone groups is 1. The van der Waals surface area contributed by atoms with Crippen molar-refractivity contribution in [2.75, 3.05) is 13.2 Å². The minimum atomic E-state index is -0.426. The molecule has 0 aliphatic rings. The second-order valence-electron chi connectivity index (χ2n) is 6.80. The van der Waals surface area contributed by atoms with Crippen molar-refractivity contribution in [3.05, 3.63) is 70.1 Å². The van der Waals surface area contributed by atoms with E-state index in [1.54, 1.807) is 25.1 Å². The molecule has 0 atom stereocenters. The van der Waals surface area contributed by atoms with Crippen molar-refractivity contribution in [1.82, 2.24) is 5.43 Å². The van der Waals surface area contributed by atoms with Gasteiger partial charge in [-0.3, -0.25) is 4.79 Å². The van der Waals surface area contributed by atoms with E-state index in [0.717, 1.165) is 28.7 Å². The van der Waals surface area contributed by atoms with E-state index < -0.39 is 11.5 Å². The van der Waals surface area contributed by atoms with Gasteiger partial charge < -0.3 is 13.9 Å². The van der Waals surface area contributed by atoms with Crippen LogP contribution in [0.5, 0.6) is 11.5 Å². The number of hydrogen-bond acceptors (Lipinski definition) is 6. The van der Waals surface area contributed by atoms with Gasteiger partial charge in [0.25, 0.3) is 5.91 Å². The van der Waals surface area contributed by atoms with Crippen molar-refractivity contribution in [3.8, 4) is 11.5 Å². The van der Waals surface area contributed by atoms with Gasteiger partial charge in [0.05, 0.1) is 12.3 Å². The maximum absolute atomic E-state index is 12.1. The summed E-state index contributed by atoms with van der Waals surface area (Å²) in [5.74, 6) is 0.824. The number of nitrogens with zero attached hydrogens (tertiary/aromatic N) is 1. The number of ether oxygens (including phenoxy) is 2. The Labute approximate surface area is 174 Å². The lowest BCUT2D eigenvalue weighted by atomic mass is 10.1. The molecule has 7 nitrogen and oxygen atoms in total. The van der Waals surface area contributed by atoms with Crippen molar-refractivity contribution < 1.29 is 18.7 Å². The summed E-state index contributed by atoms with van der Waals surface area (Å²) in [4.78, 5) is 23.6. The lowest BCUT2D eigenvalue weighted by Crippen LogP contribution is -2.25. The number of amides is 1. The largest absolute Gasteiger partial charge is 0.494 e. The summed E-state index contributed by atoms with van der Waals surface area (Å²) in [5, 5.41) is 4.93. The molecule has 30 heavy (non-hydrogen) atoms. The first kappa shape index (κ1) is 21.1. The molecule has 0 aliphatic carbocycles. The van der Waals surface area contributed by atoms with Crippen LogP contribution in [0.25, 0.3) is 11.0 Å². The fourth-order valence-electron chi connectivity index (χ4n) is 2.80. The lowest BCUT2D eigenvalue weighted by Gasteiger charge is -2.08. The predicted molar refractivity (Wildman–Crippen MR) is 115 cm³/mol. The number of rotatable bonds is 8. The minimum Gasteiger partial charge on any atom is -0.494 e. The van der Waals surface area contributed by atoms with E-state index >= 15 is 0 Å². The minimum absolute atomic E-state index is 0.220. The topological polar surface area (TPSA) is 90.1 Å². The van der Waals surface area contributed by atoms with Gasteiger partial charge in [0.2, 0.25) is 0 Å². The number of carbonyl (C=O) groups excluding carboxylic acids is 1. The van der Waals surface area contributed by atoms with Gasteiger partial charge in [-0.05, 0) is 67.8 Å². The molecule has 156 valence electrons. The van der Waals surface area contributed by atoms with Crippen molar-refractivity contribution in [1.29, 1.82) is 0 Å². The zero-order valence-corrected chi connectivity index (χ0v) is 17.2. The predicted octanol–water partition coefficient (Wildman–Crippen LogP) is 3.81. The molecular weight excluding hydrogens is 384 g/mol. The van der Waals surface area contributed by atoms with E-state index in [0.29, 0.717) is 23.7 Å². The molecule has 3 rings (SSSR count). The van der Waals surface area contributed by atoms with Crippen LogP contribution in [0, 0.1) is 6.92 Å². The van der Waals surface area contributed by atoms with Crippen LogP contribution in [0.4, 0.5) is 0 Å². The van der Waals surface area contributed by atoms with Crippen LogP contribution in [-0.4, -0.2) is 24.8 Å². The first-order valence-electron chi connectivity index (χ1n) is 9.70. The van der Waals surface area contributed by atoms with E-state index in [1.165, 1.54) is 6.07 Å². The van der Waals surface area contributed by atoms with Crippen LogP contribution in [0.2, 0.25) is 0 Å². The second kappa shape index (κ2) is 9.73. The van der Waals surface area contributed by atoms with Crippen molar-refractivity contribution >= 4 is 22.6 Å². The molecule has 0 spiro atoms. The maximum Gasteiger partial charge on any atom is 0.336 e. The molecule has 1 heterocycles. The molecule has 0 saturated carbocycles. The molecule has 3 aromatic rings. The molecule has 7 heteroatoms. The van der Waals surface area contributed by atoms with Gasteiger partial charge in [-0.1, -0.05) is 6.92 Å². The van der Waals surface area contributed by atoms with Gasteiger partial charge in [0.15, 0.2) is 6.61 Å². The summed E-state index contributed by atoms with van der Waals surface area (Å²) in [6.07, 6.45) is 0.948. The van der Waals surface area contributed by atoms with Crippen molar-refractivity contribution in [2.45, 2.75) is 27.2 Å². The lowest BCUT2D eigenvalue weighted by molar-refractivity contribution is -0.123. The molecule has 0 bridgehead atoms. The maximum atomic E-state index is 12.1. The van der Waals surface area contributed by atoms with Gasteiger partial charge in [-0.2, -0.15) is 5.10 Å². The average Bonchev–Trinajstić information content (AvgIpc) is 2.74. The van der Waals surface area contributed by atoms with Crippen LogP contribution in [0.15, 0.2) is 62.8 Å². The van der Waals surface area contributed by atoms with Crippen LogP contribution < -0.4 is 20.5 Å². The van der Waals surface area contributed by atoms with Gasteiger partial charge in [-0.25, -0.2) is 10.2 Å². The quantitative estimate of drug-likeness (QED) is 0.348. The Kier molecular flexibility index (Phi) is 6.85. The smallest absolute Gasteiger partial charge is 0.336 e. The molecule has 0 unspecified atom stereocenters. The molecule has 0 fully saturated rings. The van der Waals surface area contributed by atoms with E-state index in [4.69, 9.17) is 13.9 Å². The Bertz CT molecular complexity index is 1120. The van der Waals surface area contributed by atoms with Gasteiger partial charge >= 0.3 is 5.63 Å². The Morgan fingerprint density at radius 3 is 2.53 bits per heavy atom. The number of hydrogen-bond donors (Lipinski definition) is 1. The molecule has 1 aromatic heterocycles. The third-order valence-corrected chi connectivity index (χ3v) is 4.39. The molecule has 0 aliphatic heterocycles. The second-order valence-corrected chi connectivity index (χ2v) is 6.80. The molecule has 1 amide bonds. The van der Waals surface area contributed by atoms with E-state index in [-0.39, 0.29) is 6.61 Å². The fourth-order valence-corrected chi connectivity index (χ4v) is 2.80. The standard InChI is InChI=1S/C23H24N2O5/c1-4-11-28-18-7-5-17(6-8-18)16(3)24-25-22(26)14-29-19-9-10-20-15(2)12-23(27)30-21(20)13-19/h5-10,12-13H,4,11,14H2,1-3H3,(H,25,26)/b24-16-. The molecular formula is C23H24N2O5. The van der Waals surface area contributed by atoms with Gasteiger partial charge in [-0.15, -0.1) is 0 Å². The van der Waals surface area contributed by atoms with Crippen LogP contribution >= 0.6 is 0 Å². The normalized spacial score (nSPS) is 11.4. The highest BCUT2D eigenvalue weighted by molar-refractivity contribution is 5.99. The number of fused-ring (bicyclic) bond motifs is 1. The molecule has 2 aromatic carbocycles. The molecule has 0 radical (unpaired) electrons. The Balaban J connectivity index is 1.56. The molecule has 0 saturated heterocycles. The van der Waals surface area contributed by atoms with Gasteiger partial charge in [0, 0.05) is 17.5 Å². The summed E-state index contributed by atoms with van der Waals surface area (Å²) in [5.41, 5.74) is 4.82. The number of aryl methyl sites for hydroxylation is 1. The average molecular weight is 408 g/mol.